The molecule has 27 heavy (non-hydrogen) atoms. The fourth-order valence-electron chi connectivity index (χ4n) is 4.09. The molecule has 2 N–H and O–H groups in total. The summed E-state index contributed by atoms with van der Waals surface area (Å²) in [5.41, 5.74) is 5.79. The number of hydrogen-bond acceptors (Lipinski definition) is 3. The van der Waals surface area contributed by atoms with E-state index in [0.717, 1.165) is 5.56 Å². The van der Waals surface area contributed by atoms with E-state index in [1.54, 1.807) is 18.2 Å². The Morgan fingerprint density at radius 1 is 1.11 bits per heavy atom. The summed E-state index contributed by atoms with van der Waals surface area (Å²) in [5, 5.41) is 0. The summed E-state index contributed by atoms with van der Waals surface area (Å²) in [6.07, 6.45) is 0.415. The Morgan fingerprint density at radius 2 is 1.81 bits per heavy atom. The first-order valence-corrected chi connectivity index (χ1v) is 8.67. The zero-order chi connectivity index (χ0) is 19.2. The predicted molar refractivity (Wildman–Crippen MR) is 96.6 cm³/mol. The van der Waals surface area contributed by atoms with Crippen molar-refractivity contribution in [3.63, 3.8) is 0 Å². The van der Waals surface area contributed by atoms with Crippen LogP contribution in [-0.2, 0) is 15.0 Å². The van der Waals surface area contributed by atoms with Crippen molar-refractivity contribution < 1.29 is 18.8 Å². The van der Waals surface area contributed by atoms with E-state index in [1.165, 1.54) is 28.0 Å². The molecule has 4 rings (SSSR count). The van der Waals surface area contributed by atoms with Gasteiger partial charge in [-0.05, 0) is 30.2 Å². The summed E-state index contributed by atoms with van der Waals surface area (Å²) in [7, 11) is 0. The fourth-order valence-corrected chi connectivity index (χ4v) is 4.09. The average Bonchev–Trinajstić information content (AvgIpc) is 3.19. The Morgan fingerprint density at radius 3 is 2.56 bits per heavy atom. The van der Waals surface area contributed by atoms with Gasteiger partial charge in [0.05, 0.1) is 11.0 Å². The van der Waals surface area contributed by atoms with Crippen LogP contribution in [0.15, 0.2) is 48.5 Å². The molecule has 0 aliphatic carbocycles. The van der Waals surface area contributed by atoms with Gasteiger partial charge in [-0.15, -0.1) is 0 Å². The van der Waals surface area contributed by atoms with Gasteiger partial charge in [-0.3, -0.25) is 14.4 Å². The number of primary amides is 1. The topological polar surface area (TPSA) is 83.7 Å². The Labute approximate surface area is 155 Å². The van der Waals surface area contributed by atoms with Crippen LogP contribution in [0.5, 0.6) is 0 Å². The van der Waals surface area contributed by atoms with Gasteiger partial charge in [-0.2, -0.15) is 0 Å². The molecule has 2 aromatic rings. The van der Waals surface area contributed by atoms with E-state index in [2.05, 4.69) is 0 Å². The molecular weight excluding hydrogens is 349 g/mol. The molecule has 0 bridgehead atoms. The quantitative estimate of drug-likeness (QED) is 0.891. The zero-order valence-electron chi connectivity index (χ0n) is 14.5. The lowest BCUT2D eigenvalue weighted by atomic mass is 9.81. The van der Waals surface area contributed by atoms with Crippen molar-refractivity contribution in [3.05, 3.63) is 65.5 Å². The standard InChI is InChI=1S/C20H18FN3O3/c21-15-7-3-1-5-13(15)18(26)23-10-9-20(12-23)14-6-2-4-8-16(14)24(19(20)27)11-17(22)25/h1-8H,9-12H2,(H2,22,25)/t20-/m1/s1. The van der Waals surface area contributed by atoms with E-state index in [9.17, 15) is 18.8 Å². The Bertz CT molecular complexity index is 961. The van der Waals surface area contributed by atoms with Gasteiger partial charge in [0.1, 0.15) is 12.4 Å². The number of carbonyl (C=O) groups is 3. The number of halogens is 1. The summed E-state index contributed by atoms with van der Waals surface area (Å²) in [5.74, 6) is -1.88. The van der Waals surface area contributed by atoms with Crippen LogP contribution in [-0.4, -0.2) is 42.3 Å². The van der Waals surface area contributed by atoms with Crippen LogP contribution in [0.1, 0.15) is 22.3 Å². The van der Waals surface area contributed by atoms with Crippen molar-refractivity contribution in [1.29, 1.82) is 0 Å². The Hall–Kier alpha value is -3.22. The third-order valence-corrected chi connectivity index (χ3v) is 5.34. The third kappa shape index (κ3) is 2.58. The molecular formula is C20H18FN3O3. The fraction of sp³-hybridized carbons (Fsp3) is 0.250. The first-order valence-electron chi connectivity index (χ1n) is 8.67. The van der Waals surface area contributed by atoms with E-state index < -0.39 is 23.0 Å². The number of hydrogen-bond donors (Lipinski definition) is 1. The summed E-state index contributed by atoms with van der Waals surface area (Å²) >= 11 is 0. The van der Waals surface area contributed by atoms with Crippen molar-refractivity contribution >= 4 is 23.4 Å². The molecule has 2 aliphatic heterocycles. The lowest BCUT2D eigenvalue weighted by Gasteiger charge is -2.24. The zero-order valence-corrected chi connectivity index (χ0v) is 14.5. The van der Waals surface area contributed by atoms with Crippen LogP contribution in [0, 0.1) is 5.82 Å². The van der Waals surface area contributed by atoms with Gasteiger partial charge in [0.25, 0.3) is 5.91 Å². The lowest BCUT2D eigenvalue weighted by molar-refractivity contribution is -0.125. The molecule has 2 aromatic carbocycles. The monoisotopic (exact) mass is 367 g/mol. The molecule has 0 unspecified atom stereocenters. The molecule has 2 heterocycles. The maximum atomic E-state index is 14.0. The van der Waals surface area contributed by atoms with E-state index in [-0.39, 0.29) is 24.6 Å². The minimum absolute atomic E-state index is 0.0118. The van der Waals surface area contributed by atoms with Gasteiger partial charge in [0.15, 0.2) is 0 Å². The van der Waals surface area contributed by atoms with Crippen LogP contribution >= 0.6 is 0 Å². The number of para-hydroxylation sites is 1. The highest BCUT2D eigenvalue weighted by atomic mass is 19.1. The second-order valence-electron chi connectivity index (χ2n) is 6.91. The number of likely N-dealkylation sites (tertiary alicyclic amines) is 1. The van der Waals surface area contributed by atoms with Gasteiger partial charge < -0.3 is 15.5 Å². The predicted octanol–water partition coefficient (Wildman–Crippen LogP) is 1.44. The van der Waals surface area contributed by atoms with E-state index in [1.807, 2.05) is 12.1 Å². The van der Waals surface area contributed by atoms with Crippen LogP contribution < -0.4 is 10.6 Å². The lowest BCUT2D eigenvalue weighted by Crippen LogP contribution is -2.45. The molecule has 3 amide bonds. The van der Waals surface area contributed by atoms with Gasteiger partial charge in [-0.1, -0.05) is 30.3 Å². The van der Waals surface area contributed by atoms with Crippen molar-refractivity contribution in [2.45, 2.75) is 11.8 Å². The van der Waals surface area contributed by atoms with Crippen molar-refractivity contribution in [1.82, 2.24) is 4.90 Å². The highest BCUT2D eigenvalue weighted by Gasteiger charge is 2.55. The molecule has 0 aromatic heterocycles. The normalized spacial score (nSPS) is 21.0. The van der Waals surface area contributed by atoms with Crippen LogP contribution in [0.4, 0.5) is 10.1 Å². The van der Waals surface area contributed by atoms with Gasteiger partial charge in [0, 0.05) is 18.8 Å². The highest BCUT2D eigenvalue weighted by Crippen LogP contribution is 2.47. The van der Waals surface area contributed by atoms with E-state index >= 15 is 0 Å². The van der Waals surface area contributed by atoms with Crippen LogP contribution in [0.2, 0.25) is 0 Å². The Balaban J connectivity index is 1.69. The van der Waals surface area contributed by atoms with E-state index in [4.69, 9.17) is 5.73 Å². The number of carbonyl (C=O) groups excluding carboxylic acids is 3. The minimum Gasteiger partial charge on any atom is -0.368 e. The second-order valence-corrected chi connectivity index (χ2v) is 6.91. The number of rotatable bonds is 3. The summed E-state index contributed by atoms with van der Waals surface area (Å²) in [6, 6.07) is 13.0. The Kier molecular flexibility index (Phi) is 3.95. The smallest absolute Gasteiger partial charge is 0.256 e. The minimum atomic E-state index is -0.924. The van der Waals surface area contributed by atoms with Gasteiger partial charge in [0.2, 0.25) is 11.8 Å². The molecule has 0 saturated carbocycles. The highest BCUT2D eigenvalue weighted by molar-refractivity contribution is 6.11. The molecule has 7 heteroatoms. The van der Waals surface area contributed by atoms with Crippen LogP contribution in [0.25, 0.3) is 0 Å². The molecule has 1 atom stereocenters. The number of amides is 3. The first kappa shape index (κ1) is 17.2. The molecule has 0 radical (unpaired) electrons. The molecule has 6 nitrogen and oxygen atoms in total. The number of nitrogens with zero attached hydrogens (tertiary/aromatic N) is 2. The van der Waals surface area contributed by atoms with Crippen molar-refractivity contribution in [2.24, 2.45) is 5.73 Å². The van der Waals surface area contributed by atoms with Crippen molar-refractivity contribution in [2.75, 3.05) is 24.5 Å². The molecule has 2 aliphatic rings. The SMILES string of the molecule is NC(=O)CN1C(=O)[C@@]2(CCN(C(=O)c3ccccc3F)C2)c2ccccc21. The average molecular weight is 367 g/mol. The molecule has 1 fully saturated rings. The van der Waals surface area contributed by atoms with Gasteiger partial charge in [-0.25, -0.2) is 4.39 Å². The summed E-state index contributed by atoms with van der Waals surface area (Å²) in [6.45, 7) is 0.266. The number of fused-ring (bicyclic) bond motifs is 2. The molecule has 1 saturated heterocycles. The number of benzene rings is 2. The summed E-state index contributed by atoms with van der Waals surface area (Å²) < 4.78 is 14.0. The third-order valence-electron chi connectivity index (χ3n) is 5.34. The maximum absolute atomic E-state index is 14.0. The number of nitrogens with two attached hydrogens (primary N) is 1. The summed E-state index contributed by atoms with van der Waals surface area (Å²) in [4.78, 5) is 40.3. The van der Waals surface area contributed by atoms with E-state index in [0.29, 0.717) is 18.7 Å². The van der Waals surface area contributed by atoms with Crippen LogP contribution in [0.3, 0.4) is 0 Å². The second kappa shape index (κ2) is 6.19. The largest absolute Gasteiger partial charge is 0.368 e. The molecule has 138 valence electrons. The number of anilines is 1. The van der Waals surface area contributed by atoms with Crippen molar-refractivity contribution in [3.8, 4) is 0 Å². The molecule has 1 spiro atoms. The maximum Gasteiger partial charge on any atom is 0.256 e. The van der Waals surface area contributed by atoms with Gasteiger partial charge >= 0.3 is 0 Å². The first-order chi connectivity index (χ1) is 12.9.